The molecule has 0 amide bonds. The zero-order chi connectivity index (χ0) is 31.4. The molecule has 2 nitrogen and oxygen atoms in total. The van der Waals surface area contributed by atoms with Gasteiger partial charge < -0.3 is 8.98 Å². The molecule has 0 aliphatic rings. The topological polar surface area (TPSA) is 30.2 Å². The van der Waals surface area contributed by atoms with Gasteiger partial charge in [-0.05, 0) is 44.8 Å². The average Bonchev–Trinajstić information content (AvgIpc) is 3.53. The molecule has 0 fully saturated rings. The fraction of sp³-hybridized carbons (Fsp3) is 0. The van der Waals surface area contributed by atoms with Crippen LogP contribution in [0.2, 0.25) is 0 Å². The Morgan fingerprint density at radius 2 is 0.851 bits per heavy atom. The summed E-state index contributed by atoms with van der Waals surface area (Å²) in [4.78, 5) is 0. The molecule has 47 heavy (non-hydrogen) atoms. The molecule has 0 saturated carbocycles. The van der Waals surface area contributed by atoms with Crippen LogP contribution in [0.25, 0.3) is 65.7 Å². The first kappa shape index (κ1) is 27.6. The Morgan fingerprint density at radius 1 is 0.383 bits per heavy atom. The Morgan fingerprint density at radius 3 is 1.47 bits per heavy atom. The number of rotatable bonds is 5. The minimum atomic E-state index is -3.16. The quantitative estimate of drug-likeness (QED) is 0.142. The number of furan rings is 1. The first-order valence-electron chi connectivity index (χ1n) is 15.9. The second kappa shape index (κ2) is 11.0. The number of benzene rings is 8. The Balaban J connectivity index is 1.34. The highest BCUT2D eigenvalue weighted by Gasteiger charge is 2.30. The molecule has 0 bridgehead atoms. The highest BCUT2D eigenvalue weighted by atomic mass is 31.2. The third-order valence-corrected chi connectivity index (χ3v) is 12.4. The molecule has 0 spiro atoms. The van der Waals surface area contributed by atoms with Crippen molar-refractivity contribution in [2.24, 2.45) is 0 Å². The molecule has 1 heterocycles. The lowest BCUT2D eigenvalue weighted by Gasteiger charge is -2.22. The molecule has 9 rings (SSSR count). The molecule has 3 heteroatoms. The highest BCUT2D eigenvalue weighted by molar-refractivity contribution is 7.85. The van der Waals surface area contributed by atoms with E-state index in [9.17, 15) is 0 Å². The molecular formula is C44H29O2P. The van der Waals surface area contributed by atoms with Crippen LogP contribution in [0.15, 0.2) is 180 Å². The molecule has 1 aromatic heterocycles. The van der Waals surface area contributed by atoms with Gasteiger partial charge in [0.25, 0.3) is 0 Å². The second-order valence-electron chi connectivity index (χ2n) is 12.0. The van der Waals surface area contributed by atoms with E-state index < -0.39 is 7.14 Å². The number of hydrogen-bond donors (Lipinski definition) is 0. The SMILES string of the molecule is O=P(c1ccccc1)(c1ccccc1)c1cccc(-c2c3ccccc3c(-c3cccc4c3oc3ccccc34)c3ccccc23)c1. The first-order chi connectivity index (χ1) is 23.2. The van der Waals surface area contributed by atoms with Crippen LogP contribution >= 0.6 is 7.14 Å². The maximum Gasteiger partial charge on any atom is 0.171 e. The van der Waals surface area contributed by atoms with Crippen molar-refractivity contribution in [3.8, 4) is 22.3 Å². The maximum atomic E-state index is 15.4. The Bertz CT molecular complexity index is 2550. The molecule has 0 aliphatic carbocycles. The van der Waals surface area contributed by atoms with Gasteiger partial charge in [0.15, 0.2) is 7.14 Å². The molecule has 9 aromatic rings. The van der Waals surface area contributed by atoms with E-state index in [1.54, 1.807) is 0 Å². The van der Waals surface area contributed by atoms with Crippen molar-refractivity contribution in [2.45, 2.75) is 0 Å². The largest absolute Gasteiger partial charge is 0.455 e. The van der Waals surface area contributed by atoms with Gasteiger partial charge in [0.2, 0.25) is 0 Å². The van der Waals surface area contributed by atoms with Crippen LogP contribution in [0.4, 0.5) is 0 Å². The Labute approximate surface area is 272 Å². The summed E-state index contributed by atoms with van der Waals surface area (Å²) in [7, 11) is -3.16. The molecule has 0 aliphatic heterocycles. The predicted octanol–water partition coefficient (Wildman–Crippen LogP) is 10.9. The summed E-state index contributed by atoms with van der Waals surface area (Å²) < 4.78 is 21.9. The van der Waals surface area contributed by atoms with Crippen molar-refractivity contribution in [3.05, 3.63) is 176 Å². The van der Waals surface area contributed by atoms with Gasteiger partial charge >= 0.3 is 0 Å². The number of fused-ring (bicyclic) bond motifs is 5. The summed E-state index contributed by atoms with van der Waals surface area (Å²) in [5.41, 5.74) is 6.18. The Kier molecular flexibility index (Phi) is 6.45. The van der Waals surface area contributed by atoms with Crippen molar-refractivity contribution in [3.63, 3.8) is 0 Å². The van der Waals surface area contributed by atoms with E-state index in [1.807, 2.05) is 78.9 Å². The summed E-state index contributed by atoms with van der Waals surface area (Å²) >= 11 is 0. The lowest BCUT2D eigenvalue weighted by Crippen LogP contribution is -2.25. The van der Waals surface area contributed by atoms with E-state index in [1.165, 1.54) is 0 Å². The fourth-order valence-electron chi connectivity index (χ4n) is 7.25. The molecular weight excluding hydrogens is 591 g/mol. The van der Waals surface area contributed by atoms with Crippen molar-refractivity contribution in [1.29, 1.82) is 0 Å². The van der Waals surface area contributed by atoms with Crippen LogP contribution in [0.5, 0.6) is 0 Å². The van der Waals surface area contributed by atoms with Gasteiger partial charge in [0.05, 0.1) is 0 Å². The summed E-state index contributed by atoms with van der Waals surface area (Å²) in [6, 6.07) is 60.1. The van der Waals surface area contributed by atoms with Crippen LogP contribution in [0, 0.1) is 0 Å². The smallest absolute Gasteiger partial charge is 0.171 e. The molecule has 222 valence electrons. The zero-order valence-electron chi connectivity index (χ0n) is 25.5. The molecule has 0 radical (unpaired) electrons. The standard InChI is InChI=1S/C44H29O2P/c45-47(31-16-3-1-4-17-31,32-18-5-2-6-19-32)33-20-13-15-30(29-33)42-35-22-7-9-24-37(35)43(38-25-10-8-23-36(38)42)40-27-14-26-39-34-21-11-12-28-41(34)46-44(39)40/h1-29H. The first-order valence-corrected chi connectivity index (χ1v) is 17.6. The van der Waals surface area contributed by atoms with Gasteiger partial charge in [-0.1, -0.05) is 164 Å². The van der Waals surface area contributed by atoms with Gasteiger partial charge in [-0.15, -0.1) is 0 Å². The van der Waals surface area contributed by atoms with Gasteiger partial charge in [-0.3, -0.25) is 0 Å². The van der Waals surface area contributed by atoms with Gasteiger partial charge in [0.1, 0.15) is 11.2 Å². The highest BCUT2D eigenvalue weighted by Crippen LogP contribution is 2.48. The van der Waals surface area contributed by atoms with E-state index in [0.29, 0.717) is 0 Å². The lowest BCUT2D eigenvalue weighted by atomic mass is 9.85. The zero-order valence-corrected chi connectivity index (χ0v) is 26.4. The minimum Gasteiger partial charge on any atom is -0.455 e. The van der Waals surface area contributed by atoms with Crippen LogP contribution < -0.4 is 15.9 Å². The molecule has 0 N–H and O–H groups in total. The minimum absolute atomic E-state index is 0.816. The monoisotopic (exact) mass is 620 g/mol. The summed E-state index contributed by atoms with van der Waals surface area (Å²) in [5, 5.41) is 9.27. The second-order valence-corrected chi connectivity index (χ2v) is 14.7. The van der Waals surface area contributed by atoms with Crippen LogP contribution in [0.1, 0.15) is 0 Å². The molecule has 0 atom stereocenters. The maximum absolute atomic E-state index is 15.4. The molecule has 8 aromatic carbocycles. The van der Waals surface area contributed by atoms with Crippen molar-refractivity contribution >= 4 is 66.5 Å². The summed E-state index contributed by atoms with van der Waals surface area (Å²) in [6.07, 6.45) is 0. The van der Waals surface area contributed by atoms with Crippen LogP contribution in [-0.4, -0.2) is 0 Å². The van der Waals surface area contributed by atoms with Crippen molar-refractivity contribution < 1.29 is 8.98 Å². The third-order valence-electron chi connectivity index (χ3n) is 9.34. The number of para-hydroxylation sites is 2. The van der Waals surface area contributed by atoms with Gasteiger partial charge in [-0.25, -0.2) is 0 Å². The Hall–Kier alpha value is -5.69. The molecule has 0 unspecified atom stereocenters. The van der Waals surface area contributed by atoms with Crippen LogP contribution in [0.3, 0.4) is 0 Å². The fourth-order valence-corrected chi connectivity index (χ4v) is 9.95. The predicted molar refractivity (Wildman–Crippen MR) is 199 cm³/mol. The third kappa shape index (κ3) is 4.30. The van der Waals surface area contributed by atoms with E-state index in [2.05, 4.69) is 97.1 Å². The van der Waals surface area contributed by atoms with E-state index >= 15 is 4.57 Å². The van der Waals surface area contributed by atoms with E-state index in [0.717, 1.165) is 81.7 Å². The summed E-state index contributed by atoms with van der Waals surface area (Å²) in [6.45, 7) is 0. The van der Waals surface area contributed by atoms with Crippen LogP contribution in [-0.2, 0) is 4.57 Å². The van der Waals surface area contributed by atoms with Crippen molar-refractivity contribution in [2.75, 3.05) is 0 Å². The molecule has 0 saturated heterocycles. The van der Waals surface area contributed by atoms with E-state index in [-0.39, 0.29) is 0 Å². The lowest BCUT2D eigenvalue weighted by molar-refractivity contribution is 0.592. The van der Waals surface area contributed by atoms with Gasteiger partial charge in [-0.2, -0.15) is 0 Å². The summed E-state index contributed by atoms with van der Waals surface area (Å²) in [5.74, 6) is 0. The average molecular weight is 621 g/mol. The van der Waals surface area contributed by atoms with Gasteiger partial charge in [0, 0.05) is 37.8 Å². The van der Waals surface area contributed by atoms with Crippen molar-refractivity contribution in [1.82, 2.24) is 0 Å². The number of hydrogen-bond acceptors (Lipinski definition) is 2. The normalized spacial score (nSPS) is 11.9. The van der Waals surface area contributed by atoms with E-state index in [4.69, 9.17) is 4.42 Å².